The van der Waals surface area contributed by atoms with Gasteiger partial charge in [-0.15, -0.1) is 0 Å². The summed E-state index contributed by atoms with van der Waals surface area (Å²) in [5.74, 6) is 0.284. The van der Waals surface area contributed by atoms with Crippen LogP contribution >= 0.6 is 15.9 Å². The minimum absolute atomic E-state index is 0.000993. The minimum atomic E-state index is -0.605. The molecule has 20 heavy (non-hydrogen) atoms. The highest BCUT2D eigenvalue weighted by molar-refractivity contribution is 9.10. The largest absolute Gasteiger partial charge is 0.396 e. The maximum atomic E-state index is 12.6. The molecule has 1 aromatic rings. The van der Waals surface area contributed by atoms with Crippen molar-refractivity contribution < 1.29 is 9.90 Å². The van der Waals surface area contributed by atoms with Crippen LogP contribution in [0.25, 0.3) is 0 Å². The van der Waals surface area contributed by atoms with Crippen molar-refractivity contribution in [2.24, 2.45) is 5.92 Å². The van der Waals surface area contributed by atoms with Gasteiger partial charge < -0.3 is 10.4 Å². The van der Waals surface area contributed by atoms with E-state index in [1.165, 1.54) is 0 Å². The van der Waals surface area contributed by atoms with Gasteiger partial charge in [0.25, 0.3) is 0 Å². The molecule has 112 valence electrons. The number of nitrogens with one attached hydrogen (secondary N) is 1. The van der Waals surface area contributed by atoms with Gasteiger partial charge in [-0.05, 0) is 43.9 Å². The zero-order valence-corrected chi connectivity index (χ0v) is 14.2. The van der Waals surface area contributed by atoms with Gasteiger partial charge in [-0.25, -0.2) is 0 Å². The third-order valence-corrected chi connectivity index (χ3v) is 4.17. The van der Waals surface area contributed by atoms with E-state index < -0.39 is 5.41 Å². The van der Waals surface area contributed by atoms with Crippen molar-refractivity contribution >= 4 is 21.8 Å². The quantitative estimate of drug-likeness (QED) is 0.834. The Labute approximate surface area is 129 Å². The van der Waals surface area contributed by atoms with Gasteiger partial charge >= 0.3 is 0 Å². The van der Waals surface area contributed by atoms with Crippen LogP contribution in [0.5, 0.6) is 0 Å². The molecule has 0 radical (unpaired) electrons. The normalized spacial score (nSPS) is 13.3. The lowest BCUT2D eigenvalue weighted by Gasteiger charge is -2.29. The Morgan fingerprint density at radius 1 is 1.40 bits per heavy atom. The highest BCUT2D eigenvalue weighted by Gasteiger charge is 2.31. The van der Waals surface area contributed by atoms with Crippen LogP contribution in [0.15, 0.2) is 28.7 Å². The van der Waals surface area contributed by atoms with Gasteiger partial charge in [-0.2, -0.15) is 0 Å². The molecule has 0 spiro atoms. The fraction of sp³-hybridized carbons (Fsp3) is 0.562. The van der Waals surface area contributed by atoms with Crippen LogP contribution in [0.3, 0.4) is 0 Å². The van der Waals surface area contributed by atoms with Crippen LogP contribution in [-0.4, -0.2) is 23.7 Å². The van der Waals surface area contributed by atoms with Crippen LogP contribution in [0.2, 0.25) is 0 Å². The second kappa shape index (κ2) is 7.23. The van der Waals surface area contributed by atoms with Crippen molar-refractivity contribution in [2.45, 2.75) is 45.6 Å². The van der Waals surface area contributed by atoms with E-state index in [1.54, 1.807) is 0 Å². The van der Waals surface area contributed by atoms with E-state index in [4.69, 9.17) is 5.11 Å². The molecule has 1 amide bonds. The molecule has 0 aliphatic rings. The van der Waals surface area contributed by atoms with E-state index >= 15 is 0 Å². The average Bonchev–Trinajstić information content (AvgIpc) is 2.37. The fourth-order valence-electron chi connectivity index (χ4n) is 2.07. The molecular weight excluding hydrogens is 318 g/mol. The molecule has 0 heterocycles. The van der Waals surface area contributed by atoms with Gasteiger partial charge in [0.05, 0.1) is 5.41 Å². The molecule has 4 heteroatoms. The second-order valence-electron chi connectivity index (χ2n) is 5.97. The summed E-state index contributed by atoms with van der Waals surface area (Å²) in [6.45, 7) is 8.01. The van der Waals surface area contributed by atoms with Crippen LogP contribution in [-0.2, 0) is 10.2 Å². The lowest BCUT2D eigenvalue weighted by atomic mass is 9.83. The number of halogens is 1. The Bertz CT molecular complexity index is 458. The number of hydrogen-bond acceptors (Lipinski definition) is 2. The summed E-state index contributed by atoms with van der Waals surface area (Å²) in [4.78, 5) is 12.6. The Kier molecular flexibility index (Phi) is 6.21. The average molecular weight is 342 g/mol. The molecule has 3 nitrogen and oxygen atoms in total. The third-order valence-electron chi connectivity index (χ3n) is 3.68. The van der Waals surface area contributed by atoms with E-state index in [0.717, 1.165) is 10.0 Å². The lowest BCUT2D eigenvalue weighted by Crippen LogP contribution is -2.47. The molecule has 1 aromatic carbocycles. The monoisotopic (exact) mass is 341 g/mol. The summed E-state index contributed by atoms with van der Waals surface area (Å²) in [6.07, 6.45) is 0.581. The van der Waals surface area contributed by atoms with Crippen molar-refractivity contribution in [3.8, 4) is 0 Å². The Morgan fingerprint density at radius 3 is 2.55 bits per heavy atom. The standard InChI is InChI=1S/C16H24BrNO2/c1-11(2)14(8-9-19)18-15(20)16(3,4)12-6-5-7-13(17)10-12/h5-7,10-11,14,19H,8-9H2,1-4H3,(H,18,20). The molecule has 0 aliphatic heterocycles. The molecule has 1 atom stereocenters. The Balaban J connectivity index is 2.88. The highest BCUT2D eigenvalue weighted by atomic mass is 79.9. The van der Waals surface area contributed by atoms with Crippen LogP contribution in [0.1, 0.15) is 39.7 Å². The molecule has 0 aromatic heterocycles. The number of carbonyl (C=O) groups is 1. The smallest absolute Gasteiger partial charge is 0.230 e. The number of carbonyl (C=O) groups excluding carboxylic acids is 1. The number of aliphatic hydroxyl groups excluding tert-OH is 1. The molecule has 2 N–H and O–H groups in total. The van der Waals surface area contributed by atoms with E-state index in [2.05, 4.69) is 21.2 Å². The Hall–Kier alpha value is -0.870. The topological polar surface area (TPSA) is 49.3 Å². The molecule has 0 bridgehead atoms. The summed E-state index contributed by atoms with van der Waals surface area (Å²) in [6, 6.07) is 7.80. The fourth-order valence-corrected chi connectivity index (χ4v) is 2.47. The summed E-state index contributed by atoms with van der Waals surface area (Å²) in [5, 5.41) is 12.2. The number of hydrogen-bond donors (Lipinski definition) is 2. The molecule has 0 saturated heterocycles. The zero-order valence-electron chi connectivity index (χ0n) is 12.6. The maximum Gasteiger partial charge on any atom is 0.230 e. The maximum absolute atomic E-state index is 12.6. The van der Waals surface area contributed by atoms with Gasteiger partial charge in [-0.3, -0.25) is 4.79 Å². The predicted octanol–water partition coefficient (Wildman–Crippen LogP) is 3.25. The first-order chi connectivity index (χ1) is 9.28. The second-order valence-corrected chi connectivity index (χ2v) is 6.89. The first-order valence-electron chi connectivity index (χ1n) is 6.97. The summed E-state index contributed by atoms with van der Waals surface area (Å²) in [5.41, 5.74) is 0.364. The first kappa shape index (κ1) is 17.2. The van der Waals surface area contributed by atoms with E-state index in [0.29, 0.717) is 12.3 Å². The molecule has 0 aliphatic carbocycles. The van der Waals surface area contributed by atoms with Crippen molar-refractivity contribution in [1.82, 2.24) is 5.32 Å². The van der Waals surface area contributed by atoms with E-state index in [9.17, 15) is 4.79 Å². The minimum Gasteiger partial charge on any atom is -0.396 e. The van der Waals surface area contributed by atoms with Gasteiger partial charge in [0.15, 0.2) is 0 Å². The predicted molar refractivity (Wildman–Crippen MR) is 85.6 cm³/mol. The Morgan fingerprint density at radius 2 is 2.05 bits per heavy atom. The van der Waals surface area contributed by atoms with Crippen LogP contribution < -0.4 is 5.32 Å². The van der Waals surface area contributed by atoms with Crippen molar-refractivity contribution in [1.29, 1.82) is 0 Å². The summed E-state index contributed by atoms with van der Waals surface area (Å²) < 4.78 is 0.964. The SMILES string of the molecule is CC(C)C(CCO)NC(=O)C(C)(C)c1cccc(Br)c1. The molecule has 1 rings (SSSR count). The molecular formula is C16H24BrNO2. The van der Waals surface area contributed by atoms with E-state index in [1.807, 2.05) is 52.0 Å². The van der Waals surface area contributed by atoms with Gasteiger partial charge in [0, 0.05) is 17.1 Å². The lowest BCUT2D eigenvalue weighted by molar-refractivity contribution is -0.126. The summed E-state index contributed by atoms with van der Waals surface area (Å²) in [7, 11) is 0. The highest BCUT2D eigenvalue weighted by Crippen LogP contribution is 2.26. The summed E-state index contributed by atoms with van der Waals surface area (Å²) >= 11 is 3.44. The van der Waals surface area contributed by atoms with Crippen LogP contribution in [0, 0.1) is 5.92 Å². The molecule has 0 fully saturated rings. The van der Waals surface area contributed by atoms with Crippen molar-refractivity contribution in [3.05, 3.63) is 34.3 Å². The first-order valence-corrected chi connectivity index (χ1v) is 7.76. The van der Waals surface area contributed by atoms with Gasteiger partial charge in [0.2, 0.25) is 5.91 Å². The van der Waals surface area contributed by atoms with Gasteiger partial charge in [-0.1, -0.05) is 41.9 Å². The van der Waals surface area contributed by atoms with E-state index in [-0.39, 0.29) is 18.6 Å². The number of rotatable bonds is 6. The van der Waals surface area contributed by atoms with Crippen molar-refractivity contribution in [2.75, 3.05) is 6.61 Å². The molecule has 0 saturated carbocycles. The van der Waals surface area contributed by atoms with Crippen LogP contribution in [0.4, 0.5) is 0 Å². The third kappa shape index (κ3) is 4.32. The number of benzene rings is 1. The van der Waals surface area contributed by atoms with Gasteiger partial charge in [0.1, 0.15) is 0 Å². The number of aliphatic hydroxyl groups is 1. The van der Waals surface area contributed by atoms with Crippen molar-refractivity contribution in [3.63, 3.8) is 0 Å². The zero-order chi connectivity index (χ0) is 15.3. The number of amides is 1. The molecule has 1 unspecified atom stereocenters.